The first-order chi connectivity index (χ1) is 18.4. The minimum atomic E-state index is -0.808. The van der Waals surface area contributed by atoms with E-state index in [4.69, 9.17) is 20.9 Å². The number of hydrogen-bond acceptors (Lipinski definition) is 9. The Kier molecular flexibility index (Phi) is 9.00. The third kappa shape index (κ3) is 6.57. The molecule has 0 unspecified atom stereocenters. The highest BCUT2D eigenvalue weighted by Crippen LogP contribution is 2.35. The second-order valence-electron chi connectivity index (χ2n) is 9.92. The molecule has 1 aliphatic rings. The summed E-state index contributed by atoms with van der Waals surface area (Å²) < 4.78 is 25.5. The number of ether oxygens (including phenoxy) is 2. The van der Waals surface area contributed by atoms with Gasteiger partial charge in [-0.05, 0) is 39.0 Å². The van der Waals surface area contributed by atoms with Gasteiger partial charge in [-0.3, -0.25) is 14.8 Å². The van der Waals surface area contributed by atoms with E-state index in [1.54, 1.807) is 30.3 Å². The number of hydrogen-bond donors (Lipinski definition) is 3. The fourth-order valence-corrected chi connectivity index (χ4v) is 4.21. The number of benzene rings is 2. The first-order valence-electron chi connectivity index (χ1n) is 12.4. The third-order valence-electron chi connectivity index (χ3n) is 6.05. The maximum atomic E-state index is 14.8. The number of nitrogens with zero attached hydrogens (tertiary/aromatic N) is 4. The number of carbonyl (C=O) groups is 2. The van der Waals surface area contributed by atoms with E-state index in [-0.39, 0.29) is 34.5 Å². The summed E-state index contributed by atoms with van der Waals surface area (Å²) in [5, 5.41) is 2.67. The summed E-state index contributed by atoms with van der Waals surface area (Å²) in [6.07, 6.45) is 2.61. The minimum Gasteiger partial charge on any atom is -0.492 e. The number of aliphatic imine (C=N–C) groups is 2. The number of nitrogen functional groups attached to an aromatic ring is 2. The maximum absolute atomic E-state index is 14.8. The lowest BCUT2D eigenvalue weighted by Gasteiger charge is -2.37. The highest BCUT2D eigenvalue weighted by Gasteiger charge is 2.28. The molecule has 1 aliphatic heterocycles. The first kappa shape index (κ1) is 29.2. The maximum Gasteiger partial charge on any atom is 0.410 e. The summed E-state index contributed by atoms with van der Waals surface area (Å²) in [7, 11) is 4.41. The van der Waals surface area contributed by atoms with Gasteiger partial charge in [-0.1, -0.05) is 0 Å². The van der Waals surface area contributed by atoms with Crippen LogP contribution in [0.25, 0.3) is 0 Å². The van der Waals surface area contributed by atoms with Gasteiger partial charge in [-0.15, -0.1) is 0 Å². The molecule has 1 fully saturated rings. The summed E-state index contributed by atoms with van der Waals surface area (Å²) in [4.78, 5) is 37.5. The van der Waals surface area contributed by atoms with E-state index in [1.165, 1.54) is 26.4 Å². The largest absolute Gasteiger partial charge is 0.492 e. The van der Waals surface area contributed by atoms with Crippen molar-refractivity contribution in [2.75, 3.05) is 69.1 Å². The molecule has 2 aromatic rings. The second kappa shape index (κ2) is 12.0. The van der Waals surface area contributed by atoms with Crippen LogP contribution >= 0.6 is 0 Å². The summed E-state index contributed by atoms with van der Waals surface area (Å²) in [6, 6.07) is 4.86. The summed E-state index contributed by atoms with van der Waals surface area (Å²) in [5.74, 6) is -1.58. The molecule has 0 bridgehead atoms. The van der Waals surface area contributed by atoms with Crippen LogP contribution in [0.2, 0.25) is 0 Å². The molecular formula is C27H36FN7O4. The topological polar surface area (TPSA) is 148 Å². The van der Waals surface area contributed by atoms with Crippen LogP contribution in [0.4, 0.5) is 31.9 Å². The number of piperazine rings is 1. The Morgan fingerprint density at radius 3 is 2.26 bits per heavy atom. The Balaban J connectivity index is 1.88. The fourth-order valence-electron chi connectivity index (χ4n) is 4.21. The van der Waals surface area contributed by atoms with E-state index >= 15 is 0 Å². The lowest BCUT2D eigenvalue weighted by molar-refractivity contribution is 0.0240. The zero-order valence-electron chi connectivity index (χ0n) is 23.2. The second-order valence-corrected chi connectivity index (χ2v) is 9.92. The summed E-state index contributed by atoms with van der Waals surface area (Å²) >= 11 is 0. The van der Waals surface area contributed by atoms with Gasteiger partial charge in [-0.2, -0.15) is 0 Å². The van der Waals surface area contributed by atoms with Crippen molar-refractivity contribution in [3.05, 3.63) is 40.7 Å². The summed E-state index contributed by atoms with van der Waals surface area (Å²) in [6.45, 7) is 7.50. The van der Waals surface area contributed by atoms with E-state index in [1.807, 2.05) is 20.8 Å². The fraction of sp³-hybridized carbons (Fsp3) is 0.407. The van der Waals surface area contributed by atoms with Crippen molar-refractivity contribution in [1.29, 1.82) is 0 Å². The van der Waals surface area contributed by atoms with Crippen LogP contribution in [0, 0.1) is 5.82 Å². The molecule has 2 aromatic carbocycles. The minimum absolute atomic E-state index is 0.0801. The van der Waals surface area contributed by atoms with Crippen LogP contribution in [0.3, 0.4) is 0 Å². The van der Waals surface area contributed by atoms with E-state index < -0.39 is 17.3 Å². The van der Waals surface area contributed by atoms with Gasteiger partial charge in [0.15, 0.2) is 11.6 Å². The van der Waals surface area contributed by atoms with Crippen molar-refractivity contribution in [2.45, 2.75) is 26.4 Å². The van der Waals surface area contributed by atoms with E-state index in [2.05, 4.69) is 20.2 Å². The van der Waals surface area contributed by atoms with Crippen molar-refractivity contribution in [1.82, 2.24) is 4.90 Å². The van der Waals surface area contributed by atoms with Gasteiger partial charge in [0.25, 0.3) is 5.91 Å². The predicted molar refractivity (Wildman–Crippen MR) is 153 cm³/mol. The van der Waals surface area contributed by atoms with Crippen LogP contribution in [-0.4, -0.2) is 82.3 Å². The third-order valence-corrected chi connectivity index (χ3v) is 6.05. The SMILES string of the molecule is CN=Cc1cc(NC(=O)c2ccc(N3CCN(C(=O)OC(C)(C)C)CC3)c(C=NC)c2N)c(OC)c(F)c1N. The van der Waals surface area contributed by atoms with Crippen molar-refractivity contribution < 1.29 is 23.5 Å². The number of nitrogens with one attached hydrogen (secondary N) is 1. The van der Waals surface area contributed by atoms with Gasteiger partial charge in [0.05, 0.1) is 29.7 Å². The van der Waals surface area contributed by atoms with Crippen molar-refractivity contribution in [3.63, 3.8) is 0 Å². The molecule has 210 valence electrons. The molecule has 5 N–H and O–H groups in total. The quantitative estimate of drug-likeness (QED) is 0.375. The molecule has 0 atom stereocenters. The number of rotatable bonds is 6. The molecular weight excluding hydrogens is 505 g/mol. The predicted octanol–water partition coefficient (Wildman–Crippen LogP) is 3.41. The lowest BCUT2D eigenvalue weighted by Crippen LogP contribution is -2.50. The molecule has 0 radical (unpaired) electrons. The molecule has 11 nitrogen and oxygen atoms in total. The average Bonchev–Trinajstić information content (AvgIpc) is 2.87. The monoisotopic (exact) mass is 541 g/mol. The average molecular weight is 542 g/mol. The standard InChI is InChI=1S/C27H36FN7O4/c1-27(2,3)39-26(37)35-11-9-34(10-12-35)20-8-7-17(23(30)18(20)15-32-5)25(36)33-19-13-16(14-31-4)22(29)21(28)24(19)38-6/h7-8,13-15H,9-12,29-30H2,1-6H3,(H,33,36). The summed E-state index contributed by atoms with van der Waals surface area (Å²) in [5.41, 5.74) is 13.7. The highest BCUT2D eigenvalue weighted by atomic mass is 19.1. The zero-order valence-corrected chi connectivity index (χ0v) is 23.2. The molecule has 2 amide bonds. The van der Waals surface area contributed by atoms with Crippen LogP contribution in [-0.2, 0) is 4.74 Å². The van der Waals surface area contributed by atoms with Crippen molar-refractivity contribution >= 4 is 47.2 Å². The van der Waals surface area contributed by atoms with Crippen LogP contribution < -0.4 is 26.4 Å². The van der Waals surface area contributed by atoms with E-state index in [0.717, 1.165) is 5.69 Å². The number of carbonyl (C=O) groups excluding carboxylic acids is 2. The van der Waals surface area contributed by atoms with Gasteiger partial charge in [0.1, 0.15) is 5.60 Å². The Labute approximate surface area is 227 Å². The van der Waals surface area contributed by atoms with Gasteiger partial charge in [0.2, 0.25) is 0 Å². The van der Waals surface area contributed by atoms with Crippen molar-refractivity contribution in [2.24, 2.45) is 9.98 Å². The first-order valence-corrected chi connectivity index (χ1v) is 12.4. The Hall–Kier alpha value is -4.35. The molecule has 1 saturated heterocycles. The Bertz CT molecular complexity index is 1300. The molecule has 0 saturated carbocycles. The molecule has 12 heteroatoms. The normalized spacial score (nSPS) is 14.2. The molecule has 39 heavy (non-hydrogen) atoms. The van der Waals surface area contributed by atoms with Gasteiger partial charge in [-0.25, -0.2) is 9.18 Å². The van der Waals surface area contributed by atoms with Gasteiger partial charge in [0, 0.05) is 69.5 Å². The van der Waals surface area contributed by atoms with E-state index in [9.17, 15) is 14.0 Å². The number of anilines is 4. The van der Waals surface area contributed by atoms with Crippen LogP contribution in [0.5, 0.6) is 5.75 Å². The van der Waals surface area contributed by atoms with Gasteiger partial charge < -0.3 is 36.1 Å². The molecule has 0 aliphatic carbocycles. The van der Waals surface area contributed by atoms with Gasteiger partial charge >= 0.3 is 6.09 Å². The Morgan fingerprint density at radius 2 is 1.69 bits per heavy atom. The van der Waals surface area contributed by atoms with E-state index in [0.29, 0.717) is 37.3 Å². The smallest absolute Gasteiger partial charge is 0.410 e. The molecule has 1 heterocycles. The number of halogens is 1. The zero-order chi connectivity index (χ0) is 28.9. The van der Waals surface area contributed by atoms with Crippen LogP contribution in [0.1, 0.15) is 42.3 Å². The molecule has 0 aromatic heterocycles. The number of nitrogens with two attached hydrogens (primary N) is 2. The van der Waals surface area contributed by atoms with Crippen molar-refractivity contribution in [3.8, 4) is 5.75 Å². The number of methoxy groups -OCH3 is 1. The van der Waals surface area contributed by atoms with Crippen LogP contribution in [0.15, 0.2) is 28.2 Å². The Morgan fingerprint density at radius 1 is 1.05 bits per heavy atom. The number of amides is 2. The molecule has 0 spiro atoms. The lowest BCUT2D eigenvalue weighted by atomic mass is 10.0. The highest BCUT2D eigenvalue weighted by molar-refractivity contribution is 6.12. The molecule has 3 rings (SSSR count).